The van der Waals surface area contributed by atoms with Crippen LogP contribution in [0, 0.1) is 0 Å². The Morgan fingerprint density at radius 1 is 0.917 bits per heavy atom. The second kappa shape index (κ2) is 36.4. The minimum Gasteiger partial charge on any atom is -0.776 e. The Morgan fingerprint density at radius 3 is 1.12 bits per heavy atom. The molecule has 0 aromatic rings. The van der Waals surface area contributed by atoms with E-state index in [1.54, 1.807) is 0 Å². The van der Waals surface area contributed by atoms with Crippen molar-refractivity contribution in [3.8, 4) is 0 Å². The number of hydrogen-bond acceptors (Lipinski definition) is 15. The van der Waals surface area contributed by atoms with Crippen molar-refractivity contribution < 1.29 is 116 Å². The smallest absolute Gasteiger partial charge is 0.776 e. The van der Waals surface area contributed by atoms with E-state index in [9.17, 15) is 9.11 Å². The Hall–Kier alpha value is 2.44. The van der Waals surface area contributed by atoms with Crippen LogP contribution in [0.15, 0.2) is 0 Å². The fraction of sp³-hybridized carbons (Fsp3) is 0.800. The molecule has 0 aromatic carbocycles. The first-order valence-corrected chi connectivity index (χ1v) is 7.06. The molecule has 0 heterocycles. The quantitative estimate of drug-likeness (QED) is 0.0915. The molecule has 19 heteroatoms. The molecule has 13 nitrogen and oxygen atoms in total. The Balaban J connectivity index is -0.0000000327. The molecule has 0 saturated carbocycles. The van der Waals surface area contributed by atoms with Gasteiger partial charge < -0.3 is 54.3 Å². The van der Waals surface area contributed by atoms with Gasteiger partial charge in [-0.15, -0.1) is 0 Å². The van der Waals surface area contributed by atoms with Crippen molar-refractivity contribution >= 4 is 41.8 Å². The van der Waals surface area contributed by atoms with E-state index in [0.29, 0.717) is 0 Å². The Morgan fingerprint density at radius 2 is 1.08 bits per heavy atom. The maximum Gasteiger partial charge on any atom is 2.00 e. The summed E-state index contributed by atoms with van der Waals surface area (Å²) in [5.41, 5.74) is 19.9. The van der Waals surface area contributed by atoms with Crippen LogP contribution in [0.3, 0.4) is 0 Å². The van der Waals surface area contributed by atoms with Crippen molar-refractivity contribution in [2.24, 2.45) is 22.9 Å². The molecule has 24 heavy (non-hydrogen) atoms. The molecule has 0 saturated heterocycles. The molecule has 2 atom stereocenters. The monoisotopic (exact) mass is 474 g/mol. The molecule has 2 unspecified atom stereocenters. The third kappa shape index (κ3) is 86.8. The van der Waals surface area contributed by atoms with E-state index in [2.05, 4.69) is 8.37 Å². The van der Waals surface area contributed by atoms with Crippen molar-refractivity contribution in [1.82, 2.24) is 0 Å². The molecule has 8 N–H and O–H groups in total. The summed E-state index contributed by atoms with van der Waals surface area (Å²) in [7, 11) is -5.17. The van der Waals surface area contributed by atoms with Crippen molar-refractivity contribution in [3.63, 3.8) is 0 Å². The van der Waals surface area contributed by atoms with Gasteiger partial charge in [-0.05, 0) is 0 Å². The van der Waals surface area contributed by atoms with Crippen molar-refractivity contribution in [1.29, 1.82) is 0 Å². The van der Waals surface area contributed by atoms with Crippen LogP contribution >= 0.6 is 24.6 Å². The van der Waals surface area contributed by atoms with Crippen LogP contribution in [-0.4, -0.2) is 59.0 Å². The van der Waals surface area contributed by atoms with E-state index in [-0.39, 0.29) is 114 Å². The fourth-order valence-electron chi connectivity index (χ4n) is 0.179. The first-order valence-electron chi connectivity index (χ1n) is 4.39. The van der Waals surface area contributed by atoms with Crippen LogP contribution < -0.4 is 82.0 Å². The molecule has 0 aromatic heterocycles. The molecule has 0 spiro atoms. The minimum atomic E-state index is -5.17. The second-order valence-electron chi connectivity index (χ2n) is 2.29. The van der Waals surface area contributed by atoms with E-state index in [4.69, 9.17) is 45.3 Å². The molecule has 0 aliphatic rings. The topological polar surface area (TPSA) is 266 Å². The first-order chi connectivity index (χ1) is 9.62. The summed E-state index contributed by atoms with van der Waals surface area (Å²) in [5, 5.41) is 0. The largest absolute Gasteiger partial charge is 2.00 e. The Kier molecular flexibility index (Phi) is 68.6. The standard InChI is InChI=1S/2C2H8N2O2S.CH2O.Fe.2Na.H2O4S/c2*3-1-2(4)6-7-5;1-2;;;;1-5(2,3)4/h2*2,5H,1,3-4H2;1H2;;;;(H2,1,2,3,4)/q;;;+2;2*+1;/p-4. The molecule has 0 aliphatic carbocycles. The first kappa shape index (κ1) is 45.3. The zero-order chi connectivity index (χ0) is 17.9. The molecule has 0 radical (unpaired) electrons. The molecule has 0 fully saturated rings. The maximum atomic E-state index is 9.46. The third-order valence-corrected chi connectivity index (χ3v) is 1.44. The second-order valence-corrected chi connectivity index (χ2v) is 3.76. The van der Waals surface area contributed by atoms with Gasteiger partial charge in [0.25, 0.3) is 0 Å². The fourth-order valence-corrected chi connectivity index (χ4v) is 0.538. The average molecular weight is 474 g/mol. The van der Waals surface area contributed by atoms with Gasteiger partial charge >= 0.3 is 76.2 Å². The van der Waals surface area contributed by atoms with Gasteiger partial charge in [0.1, 0.15) is 19.2 Å². The van der Waals surface area contributed by atoms with Gasteiger partial charge in [0, 0.05) is 23.5 Å². The molecular weight excluding hydrogens is 458 g/mol. The van der Waals surface area contributed by atoms with Gasteiger partial charge in [-0.2, -0.15) is 0 Å². The number of carbonyl (C=O) groups is 1. The van der Waals surface area contributed by atoms with E-state index in [1.807, 2.05) is 6.79 Å². The maximum absolute atomic E-state index is 9.46. The predicted molar refractivity (Wildman–Crippen MR) is 70.6 cm³/mol. The minimum absolute atomic E-state index is 0. The van der Waals surface area contributed by atoms with Crippen LogP contribution in [0.1, 0.15) is 0 Å². The third-order valence-electron chi connectivity index (χ3n) is 0.790. The average Bonchev–Trinajstić information content (AvgIpc) is 2.40. The SMILES string of the molecule is C=O.NCC(N)OS[O-].NCC(N)OS[O-].O=S(=O)([O-])[O-].[Fe+2].[Na+].[Na+]. The van der Waals surface area contributed by atoms with E-state index in [0.717, 1.165) is 0 Å². The van der Waals surface area contributed by atoms with Crippen LogP contribution in [0.4, 0.5) is 0 Å². The predicted octanol–water partition coefficient (Wildman–Crippen LogP) is -9.47. The summed E-state index contributed by atoms with van der Waals surface area (Å²) in [4.78, 5) is 8.00. The number of hydrogen-bond donors (Lipinski definition) is 4. The summed E-state index contributed by atoms with van der Waals surface area (Å²) < 4.78 is 61.4. The molecule has 0 amide bonds. The normalized spacial score (nSPS) is 10.8. The molecule has 0 aliphatic heterocycles. The summed E-state index contributed by atoms with van der Waals surface area (Å²) in [5.74, 6) is 0. The van der Waals surface area contributed by atoms with Crippen LogP contribution in [0.2, 0.25) is 0 Å². The van der Waals surface area contributed by atoms with Crippen LogP contribution in [0.25, 0.3) is 0 Å². The molecule has 0 bridgehead atoms. The van der Waals surface area contributed by atoms with Crippen LogP contribution in [0.5, 0.6) is 0 Å². The van der Waals surface area contributed by atoms with E-state index >= 15 is 0 Å². The van der Waals surface area contributed by atoms with Gasteiger partial charge in [0.15, 0.2) is 0 Å². The molecule has 138 valence electrons. The zero-order valence-electron chi connectivity index (χ0n) is 12.8. The van der Waals surface area contributed by atoms with Gasteiger partial charge in [-0.1, -0.05) is 24.6 Å². The molecular formula is C5H16FeN4Na2O9S3. The summed E-state index contributed by atoms with van der Waals surface area (Å²) in [6, 6.07) is 0. The number of carbonyl (C=O) groups excluding carboxylic acids is 1. The van der Waals surface area contributed by atoms with Gasteiger partial charge in [-0.3, -0.25) is 8.42 Å². The van der Waals surface area contributed by atoms with E-state index in [1.165, 1.54) is 0 Å². The van der Waals surface area contributed by atoms with Gasteiger partial charge in [0.05, 0.1) is 0 Å². The van der Waals surface area contributed by atoms with Crippen molar-refractivity contribution in [2.75, 3.05) is 13.1 Å². The Bertz CT molecular complexity index is 278. The summed E-state index contributed by atoms with van der Waals surface area (Å²) >= 11 is -0.0414. The number of rotatable bonds is 6. The van der Waals surface area contributed by atoms with Gasteiger partial charge in [-0.25, -0.2) is 0 Å². The van der Waals surface area contributed by atoms with Crippen molar-refractivity contribution in [3.05, 3.63) is 0 Å². The summed E-state index contributed by atoms with van der Waals surface area (Å²) in [6.07, 6.45) is -1.25. The van der Waals surface area contributed by atoms with Crippen molar-refractivity contribution in [2.45, 2.75) is 12.5 Å². The molecule has 0 rings (SSSR count). The van der Waals surface area contributed by atoms with Gasteiger partial charge in [0.2, 0.25) is 0 Å². The zero-order valence-corrected chi connectivity index (χ0v) is 20.4. The van der Waals surface area contributed by atoms with E-state index < -0.39 is 22.9 Å². The Labute approximate surface area is 204 Å². The van der Waals surface area contributed by atoms with Crippen LogP contribution in [-0.2, 0) is 40.6 Å². The number of nitrogens with two attached hydrogens (primary N) is 4. The summed E-state index contributed by atoms with van der Waals surface area (Å²) in [6.45, 7) is 2.35.